The van der Waals surface area contributed by atoms with Crippen LogP contribution >= 0.6 is 12.6 Å². The Labute approximate surface area is 185 Å². The summed E-state index contributed by atoms with van der Waals surface area (Å²) in [5.41, 5.74) is 16.2. The van der Waals surface area contributed by atoms with E-state index in [1.54, 1.807) is 0 Å². The zero-order valence-corrected chi connectivity index (χ0v) is 18.1. The van der Waals surface area contributed by atoms with E-state index in [2.05, 4.69) is 23.3 Å². The zero-order valence-electron chi connectivity index (χ0n) is 17.2. The lowest BCUT2D eigenvalue weighted by Gasteiger charge is -2.25. The average molecular weight is 465 g/mol. The van der Waals surface area contributed by atoms with Crippen LogP contribution in [0.3, 0.4) is 0 Å². The van der Waals surface area contributed by atoms with Gasteiger partial charge < -0.3 is 43.4 Å². The first kappa shape index (κ1) is 28.6. The van der Waals surface area contributed by atoms with Gasteiger partial charge in [-0.05, 0) is 32.7 Å². The number of aliphatic hydroxyl groups excluding tert-OH is 1. The number of thiol groups is 1. The van der Waals surface area contributed by atoms with Crippen molar-refractivity contribution in [2.75, 3.05) is 12.3 Å². The number of carbonyl (C=O) groups excluding carboxylic acids is 4. The number of aliphatic hydroxyl groups is 1. The van der Waals surface area contributed by atoms with Gasteiger partial charge in [-0.2, -0.15) is 12.6 Å². The van der Waals surface area contributed by atoms with Crippen LogP contribution in [0.5, 0.6) is 0 Å². The number of rotatable bonds is 15. The van der Waals surface area contributed by atoms with Gasteiger partial charge in [0, 0.05) is 5.75 Å². The van der Waals surface area contributed by atoms with Gasteiger partial charge in [0.15, 0.2) is 6.04 Å². The topological polar surface area (TPSA) is 240 Å². The Morgan fingerprint density at radius 3 is 1.97 bits per heavy atom. The molecule has 0 bridgehead atoms. The summed E-state index contributed by atoms with van der Waals surface area (Å²) in [6.07, 6.45) is -0.871. The van der Waals surface area contributed by atoms with E-state index in [4.69, 9.17) is 22.3 Å². The molecule has 0 saturated heterocycles. The second-order valence-electron chi connectivity index (χ2n) is 6.93. The Hall–Kier alpha value is -2.42. The summed E-state index contributed by atoms with van der Waals surface area (Å²) < 4.78 is 0. The van der Waals surface area contributed by atoms with Gasteiger partial charge in [-0.3, -0.25) is 19.2 Å². The molecule has 0 aromatic carbocycles. The molecular weight excluding hydrogens is 432 g/mol. The van der Waals surface area contributed by atoms with Gasteiger partial charge in [0.2, 0.25) is 23.6 Å². The quantitative estimate of drug-likeness (QED) is 0.0850. The fourth-order valence-corrected chi connectivity index (χ4v) is 2.61. The third-order valence-corrected chi connectivity index (χ3v) is 4.59. The standard InChI is InChI=1S/C17H32N6O7S/c1-8(24)13(17(29)30)23-16(28)11(6-12(20)25)22-15(27)10(4-2-3-5-18)21-14(26)9(19)7-31/h8-11,13,24,31H,2-7,18-19H2,1H3,(H2,20,25)(H,21,26)(H,22,27)(H,23,28)(H,29,30). The van der Waals surface area contributed by atoms with E-state index in [0.717, 1.165) is 6.92 Å². The first-order valence-electron chi connectivity index (χ1n) is 9.61. The van der Waals surface area contributed by atoms with Crippen molar-refractivity contribution < 1.29 is 34.2 Å². The van der Waals surface area contributed by atoms with Crippen molar-refractivity contribution in [2.24, 2.45) is 17.2 Å². The highest BCUT2D eigenvalue weighted by Gasteiger charge is 2.32. The number of amides is 4. The fourth-order valence-electron chi connectivity index (χ4n) is 2.45. The molecule has 31 heavy (non-hydrogen) atoms. The van der Waals surface area contributed by atoms with Crippen LogP contribution < -0.4 is 33.2 Å². The molecule has 0 aliphatic heterocycles. The Bertz CT molecular complexity index is 648. The molecule has 13 nitrogen and oxygen atoms in total. The van der Waals surface area contributed by atoms with E-state index in [1.165, 1.54) is 0 Å². The fraction of sp³-hybridized carbons (Fsp3) is 0.706. The molecular formula is C17H32N6O7S. The highest BCUT2D eigenvalue weighted by atomic mass is 32.1. The summed E-state index contributed by atoms with van der Waals surface area (Å²) in [6.45, 7) is 1.51. The maximum absolute atomic E-state index is 12.7. The molecule has 0 rings (SSSR count). The minimum absolute atomic E-state index is 0.0333. The predicted molar refractivity (Wildman–Crippen MR) is 114 cm³/mol. The largest absolute Gasteiger partial charge is 0.480 e. The molecule has 0 heterocycles. The van der Waals surface area contributed by atoms with Gasteiger partial charge in [-0.15, -0.1) is 0 Å². The molecule has 0 radical (unpaired) electrons. The van der Waals surface area contributed by atoms with Gasteiger partial charge in [0.25, 0.3) is 0 Å². The van der Waals surface area contributed by atoms with Crippen LogP contribution in [0.1, 0.15) is 32.6 Å². The monoisotopic (exact) mass is 464 g/mol. The predicted octanol–water partition coefficient (Wildman–Crippen LogP) is -3.83. The maximum atomic E-state index is 12.7. The van der Waals surface area contributed by atoms with Crippen LogP contribution in [0, 0.1) is 0 Å². The first-order valence-corrected chi connectivity index (χ1v) is 10.2. The first-order chi connectivity index (χ1) is 14.4. The summed E-state index contributed by atoms with van der Waals surface area (Å²) in [5.74, 6) is -4.91. The second-order valence-corrected chi connectivity index (χ2v) is 7.30. The van der Waals surface area contributed by atoms with Crippen molar-refractivity contribution in [3.63, 3.8) is 0 Å². The summed E-state index contributed by atoms with van der Waals surface area (Å²) >= 11 is 3.92. The molecule has 0 aromatic rings. The number of hydrogen-bond donors (Lipinski definition) is 9. The molecule has 0 aliphatic rings. The van der Waals surface area contributed by atoms with E-state index in [1.807, 2.05) is 5.32 Å². The summed E-state index contributed by atoms with van der Waals surface area (Å²) in [7, 11) is 0. The Morgan fingerprint density at radius 2 is 1.52 bits per heavy atom. The summed E-state index contributed by atoms with van der Waals surface area (Å²) in [6, 6.07) is -5.27. The lowest BCUT2D eigenvalue weighted by Crippen LogP contribution is -2.59. The lowest BCUT2D eigenvalue weighted by molar-refractivity contribution is -0.145. The van der Waals surface area contributed by atoms with E-state index < -0.39 is 66.3 Å². The molecule has 0 spiro atoms. The average Bonchev–Trinajstić information content (AvgIpc) is 2.68. The smallest absolute Gasteiger partial charge is 0.328 e. The number of carboxylic acids is 1. The SMILES string of the molecule is CC(O)C(NC(=O)C(CC(N)=O)NC(=O)C(CCCCN)NC(=O)C(N)CS)C(=O)O. The van der Waals surface area contributed by atoms with Crippen molar-refractivity contribution in [1.82, 2.24) is 16.0 Å². The van der Waals surface area contributed by atoms with Gasteiger partial charge >= 0.3 is 5.97 Å². The Balaban J connectivity index is 5.46. The summed E-state index contributed by atoms with van der Waals surface area (Å²) in [4.78, 5) is 59.8. The number of primary amides is 1. The normalized spacial score (nSPS) is 15.6. The van der Waals surface area contributed by atoms with Crippen LogP contribution in [0.15, 0.2) is 0 Å². The van der Waals surface area contributed by atoms with Gasteiger partial charge in [0.1, 0.15) is 12.1 Å². The van der Waals surface area contributed by atoms with Crippen LogP contribution in [0.4, 0.5) is 0 Å². The molecule has 14 heteroatoms. The van der Waals surface area contributed by atoms with Gasteiger partial charge in [0.05, 0.1) is 18.6 Å². The van der Waals surface area contributed by atoms with Crippen molar-refractivity contribution in [3.05, 3.63) is 0 Å². The number of carboxylic acid groups (broad SMARTS) is 1. The van der Waals surface area contributed by atoms with Gasteiger partial charge in [-0.1, -0.05) is 0 Å². The van der Waals surface area contributed by atoms with E-state index in [0.29, 0.717) is 19.4 Å². The summed E-state index contributed by atoms with van der Waals surface area (Å²) in [5, 5.41) is 25.4. The van der Waals surface area contributed by atoms with Crippen molar-refractivity contribution in [3.8, 4) is 0 Å². The van der Waals surface area contributed by atoms with Crippen LogP contribution in [-0.2, 0) is 24.0 Å². The molecule has 4 amide bonds. The Kier molecular flexibility index (Phi) is 13.4. The third kappa shape index (κ3) is 11.0. The Morgan fingerprint density at radius 1 is 0.968 bits per heavy atom. The molecule has 0 aromatic heterocycles. The minimum atomic E-state index is -1.67. The minimum Gasteiger partial charge on any atom is -0.480 e. The van der Waals surface area contributed by atoms with Crippen molar-refractivity contribution in [2.45, 2.75) is 62.9 Å². The maximum Gasteiger partial charge on any atom is 0.328 e. The number of nitrogens with one attached hydrogen (secondary N) is 3. The van der Waals surface area contributed by atoms with E-state index >= 15 is 0 Å². The third-order valence-electron chi connectivity index (χ3n) is 4.20. The number of carbonyl (C=O) groups is 5. The van der Waals surface area contributed by atoms with E-state index in [9.17, 15) is 29.1 Å². The zero-order chi connectivity index (χ0) is 24.1. The number of aliphatic carboxylic acids is 1. The molecule has 5 unspecified atom stereocenters. The molecule has 11 N–H and O–H groups in total. The van der Waals surface area contributed by atoms with Crippen LogP contribution in [-0.4, -0.2) is 82.4 Å². The molecule has 0 fully saturated rings. The van der Waals surface area contributed by atoms with Crippen LogP contribution in [0.25, 0.3) is 0 Å². The highest BCUT2D eigenvalue weighted by molar-refractivity contribution is 7.80. The van der Waals surface area contributed by atoms with E-state index in [-0.39, 0.29) is 12.2 Å². The molecule has 0 aliphatic carbocycles. The molecule has 0 saturated carbocycles. The molecule has 5 atom stereocenters. The number of nitrogens with two attached hydrogens (primary N) is 3. The van der Waals surface area contributed by atoms with Gasteiger partial charge in [-0.25, -0.2) is 4.79 Å². The lowest BCUT2D eigenvalue weighted by atomic mass is 10.1. The molecule has 178 valence electrons. The second kappa shape index (κ2) is 14.6. The van der Waals surface area contributed by atoms with Crippen molar-refractivity contribution >= 4 is 42.2 Å². The number of hydrogen-bond acceptors (Lipinski definition) is 9. The number of unbranched alkanes of at least 4 members (excludes halogenated alkanes) is 1. The van der Waals surface area contributed by atoms with Crippen LogP contribution in [0.2, 0.25) is 0 Å². The van der Waals surface area contributed by atoms with Crippen molar-refractivity contribution in [1.29, 1.82) is 0 Å². The highest BCUT2D eigenvalue weighted by Crippen LogP contribution is 2.04.